The molecule has 0 aliphatic rings. The molecule has 0 saturated heterocycles. The summed E-state index contributed by atoms with van der Waals surface area (Å²) >= 11 is 0. The van der Waals surface area contributed by atoms with Crippen LogP contribution in [0.15, 0.2) is 54.6 Å². The van der Waals surface area contributed by atoms with E-state index in [2.05, 4.69) is 59.9 Å². The fourth-order valence-corrected chi connectivity index (χ4v) is 4.43. The first-order chi connectivity index (χ1) is 13.8. The summed E-state index contributed by atoms with van der Waals surface area (Å²) in [6.45, 7) is 2.80. The van der Waals surface area contributed by atoms with E-state index in [-0.39, 0.29) is 12.1 Å². The average molecular weight is 430 g/mol. The quantitative estimate of drug-likeness (QED) is 0.343. The van der Waals surface area contributed by atoms with Gasteiger partial charge < -0.3 is 15.5 Å². The van der Waals surface area contributed by atoms with E-state index in [1.807, 2.05) is 6.92 Å². The normalized spacial score (nSPS) is 14.2. The van der Waals surface area contributed by atoms with Gasteiger partial charge in [0, 0.05) is 13.7 Å². The van der Waals surface area contributed by atoms with E-state index in [0.717, 1.165) is 11.8 Å². The monoisotopic (exact) mass is 429 g/mol. The molecule has 160 valence electrons. The Kier molecular flexibility index (Phi) is 6.31. The molecule has 0 aliphatic carbocycles. The Morgan fingerprint density at radius 2 is 1.50 bits per heavy atom. The van der Waals surface area contributed by atoms with Gasteiger partial charge in [-0.05, 0) is 44.8 Å². The lowest BCUT2D eigenvalue weighted by Crippen LogP contribution is -2.50. The Hall–Kier alpha value is -2.29. The van der Waals surface area contributed by atoms with Gasteiger partial charge in [0.05, 0.1) is 25.0 Å². The summed E-state index contributed by atoms with van der Waals surface area (Å²) in [7, 11) is -1.93. The van der Waals surface area contributed by atoms with Crippen molar-refractivity contribution in [3.05, 3.63) is 60.2 Å². The molecule has 0 amide bonds. The molecule has 0 radical (unpaired) electrons. The molecule has 1 atom stereocenters. The number of hydrogen-bond donors (Lipinski definition) is 1. The van der Waals surface area contributed by atoms with E-state index >= 15 is 0 Å². The maximum Gasteiger partial charge on any atom is 0.264 e. The lowest BCUT2D eigenvalue weighted by molar-refractivity contribution is 0.0829. The van der Waals surface area contributed by atoms with Crippen LogP contribution in [0, 0.1) is 0 Å². The molecule has 0 bridgehead atoms. The summed E-state index contributed by atoms with van der Waals surface area (Å²) in [4.78, 5) is 0. The second-order valence-corrected chi connectivity index (χ2v) is 9.54. The number of methoxy groups -OCH3 is 1. The van der Waals surface area contributed by atoms with Crippen LogP contribution < -0.4 is 5.32 Å². The molecule has 0 aliphatic heterocycles. The molecule has 0 spiro atoms. The maximum absolute atomic E-state index is 11.4. The van der Waals surface area contributed by atoms with Crippen molar-refractivity contribution in [1.82, 2.24) is 5.32 Å². The number of benzene rings is 4. The first-order valence-electron chi connectivity index (χ1n) is 9.53. The number of rotatable bonds is 8. The minimum atomic E-state index is -3.52. The third-order valence-corrected chi connectivity index (χ3v) is 5.93. The smallest absolute Gasteiger partial charge is 0.264 e. The molecule has 1 unspecified atom stereocenters. The van der Waals surface area contributed by atoms with Gasteiger partial charge in [0.15, 0.2) is 0 Å². The summed E-state index contributed by atoms with van der Waals surface area (Å²) in [6, 6.07) is 19.3. The number of ether oxygens (including phenoxy) is 1. The molecule has 0 aromatic heterocycles. The summed E-state index contributed by atoms with van der Waals surface area (Å²) in [6.07, 6.45) is 1.06. The van der Waals surface area contributed by atoms with Crippen LogP contribution in [-0.4, -0.2) is 46.0 Å². The van der Waals surface area contributed by atoms with Crippen LogP contribution in [0.4, 0.5) is 0 Å². The van der Waals surface area contributed by atoms with E-state index in [9.17, 15) is 8.42 Å². The number of nitrogens with one attached hydrogen (secondary N) is 1. The van der Waals surface area contributed by atoms with Crippen molar-refractivity contribution >= 4 is 42.4 Å². The highest BCUT2D eigenvalue weighted by molar-refractivity contribution is 7.85. The van der Waals surface area contributed by atoms with Crippen LogP contribution >= 0.6 is 0 Å². The van der Waals surface area contributed by atoms with Crippen LogP contribution in [0.2, 0.25) is 0 Å². The molecule has 0 heterocycles. The Bertz CT molecular complexity index is 1260. The van der Waals surface area contributed by atoms with Crippen LogP contribution in [0.5, 0.6) is 0 Å². The third-order valence-electron chi connectivity index (χ3n) is 5.38. The fourth-order valence-electron chi connectivity index (χ4n) is 3.96. The Morgan fingerprint density at radius 3 is 2.13 bits per heavy atom. The van der Waals surface area contributed by atoms with Crippen LogP contribution in [0.3, 0.4) is 0 Å². The molecular weight excluding hydrogens is 402 g/mol. The van der Waals surface area contributed by atoms with Gasteiger partial charge in [-0.2, -0.15) is 8.42 Å². The summed E-state index contributed by atoms with van der Waals surface area (Å²) in [5.41, 5.74) is 0.513. The molecule has 6 nitrogen and oxygen atoms in total. The van der Waals surface area contributed by atoms with E-state index in [1.54, 1.807) is 7.11 Å². The molecule has 0 saturated carbocycles. The first kappa shape index (κ1) is 22.4. The predicted octanol–water partition coefficient (Wildman–Crippen LogP) is 3.23. The molecule has 30 heavy (non-hydrogen) atoms. The van der Waals surface area contributed by atoms with Crippen LogP contribution in [0.1, 0.15) is 12.5 Å². The zero-order chi connectivity index (χ0) is 20.6. The van der Waals surface area contributed by atoms with Crippen molar-refractivity contribution < 1.29 is 22.8 Å². The highest BCUT2D eigenvalue weighted by Gasteiger charge is 2.26. The lowest BCUT2D eigenvalue weighted by Gasteiger charge is -2.30. The van der Waals surface area contributed by atoms with Gasteiger partial charge in [0.1, 0.15) is 0 Å². The van der Waals surface area contributed by atoms with E-state index in [0.29, 0.717) is 13.2 Å². The van der Waals surface area contributed by atoms with Gasteiger partial charge in [-0.15, -0.1) is 0 Å². The summed E-state index contributed by atoms with van der Waals surface area (Å²) in [5, 5.41) is 10.9. The second kappa shape index (κ2) is 8.45. The van der Waals surface area contributed by atoms with E-state index < -0.39 is 15.7 Å². The molecule has 4 rings (SSSR count). The first-order valence-corrected chi connectivity index (χ1v) is 11.4. The molecule has 4 aromatic carbocycles. The second-order valence-electron chi connectivity index (χ2n) is 7.89. The van der Waals surface area contributed by atoms with Gasteiger partial charge >= 0.3 is 0 Å². The summed E-state index contributed by atoms with van der Waals surface area (Å²) in [5.74, 6) is 0. The van der Waals surface area contributed by atoms with Gasteiger partial charge in [-0.25, -0.2) is 0 Å². The fraction of sp³-hybridized carbons (Fsp3) is 0.304. The Labute approximate surface area is 176 Å². The minimum absolute atomic E-state index is 0. The highest BCUT2D eigenvalue weighted by atomic mass is 32.2. The largest absolute Gasteiger partial charge is 0.412 e. The van der Waals surface area contributed by atoms with Crippen LogP contribution in [-0.2, 0) is 25.6 Å². The molecule has 0 fully saturated rings. The summed E-state index contributed by atoms with van der Waals surface area (Å²) < 4.78 is 33.2. The van der Waals surface area contributed by atoms with Gasteiger partial charge in [0.25, 0.3) is 10.1 Å². The standard InChI is InChI=1S/C23H25NO4S.H2O/c1-23(14-27-2,15-28-29(3,25)26)24-13-19-10-9-18-8-7-16-5-4-6-17-11-12-20(19)22(18)21(16)17;/h4-12,24H,13-15H2,1-3H3;1H2. The molecular formula is C23H27NO5S. The maximum atomic E-state index is 11.4. The zero-order valence-corrected chi connectivity index (χ0v) is 18.2. The topological polar surface area (TPSA) is 96.1 Å². The van der Waals surface area contributed by atoms with Crippen molar-refractivity contribution in [1.29, 1.82) is 0 Å². The van der Waals surface area contributed by atoms with Gasteiger partial charge in [0.2, 0.25) is 0 Å². The Balaban J connectivity index is 0.00000256. The SMILES string of the molecule is COCC(C)(COS(C)(=O)=O)NCc1ccc2ccc3cccc4ccc1c2c34.O. The number of hydrogen-bond acceptors (Lipinski definition) is 5. The van der Waals surface area contributed by atoms with Crippen molar-refractivity contribution in [3.63, 3.8) is 0 Å². The van der Waals surface area contributed by atoms with Crippen LogP contribution in [0.25, 0.3) is 32.3 Å². The third kappa shape index (κ3) is 4.40. The Morgan fingerprint density at radius 1 is 0.900 bits per heavy atom. The predicted molar refractivity (Wildman–Crippen MR) is 122 cm³/mol. The van der Waals surface area contributed by atoms with Gasteiger partial charge in [-0.3, -0.25) is 4.18 Å². The average Bonchev–Trinajstić information content (AvgIpc) is 2.69. The van der Waals surface area contributed by atoms with Crippen molar-refractivity contribution in [2.24, 2.45) is 0 Å². The van der Waals surface area contributed by atoms with Crippen molar-refractivity contribution in [2.45, 2.75) is 19.0 Å². The molecule has 3 N–H and O–H groups in total. The van der Waals surface area contributed by atoms with Gasteiger partial charge in [-0.1, -0.05) is 54.6 Å². The lowest BCUT2D eigenvalue weighted by atomic mass is 9.91. The van der Waals surface area contributed by atoms with Crippen molar-refractivity contribution in [2.75, 3.05) is 26.6 Å². The van der Waals surface area contributed by atoms with E-state index in [4.69, 9.17) is 8.92 Å². The van der Waals surface area contributed by atoms with E-state index in [1.165, 1.54) is 32.3 Å². The molecule has 4 aromatic rings. The zero-order valence-electron chi connectivity index (χ0n) is 17.4. The van der Waals surface area contributed by atoms with Crippen molar-refractivity contribution in [3.8, 4) is 0 Å². The molecule has 7 heteroatoms. The highest BCUT2D eigenvalue weighted by Crippen LogP contribution is 2.35. The minimum Gasteiger partial charge on any atom is -0.412 e.